The number of aryl methyl sites for hydroxylation is 3. The second-order valence-electron chi connectivity index (χ2n) is 7.44. The zero-order chi connectivity index (χ0) is 19.4. The van der Waals surface area contributed by atoms with Crippen LogP contribution in [0.15, 0.2) is 28.8 Å². The first-order chi connectivity index (χ1) is 12.9. The number of benzene rings is 1. The molecule has 0 aliphatic carbocycles. The zero-order valence-electron chi connectivity index (χ0n) is 16.3. The van der Waals surface area contributed by atoms with Gasteiger partial charge < -0.3 is 19.3 Å². The molecular weight excluding hydrogens is 344 g/mol. The van der Waals surface area contributed by atoms with E-state index >= 15 is 0 Å². The summed E-state index contributed by atoms with van der Waals surface area (Å²) >= 11 is 0. The molecule has 27 heavy (non-hydrogen) atoms. The Balaban J connectivity index is 1.59. The van der Waals surface area contributed by atoms with Crippen molar-refractivity contribution in [3.63, 3.8) is 0 Å². The van der Waals surface area contributed by atoms with Crippen molar-refractivity contribution in [2.75, 3.05) is 19.7 Å². The molecule has 146 valence electrons. The molecule has 6 heteroatoms. The number of rotatable bonds is 5. The van der Waals surface area contributed by atoms with Crippen molar-refractivity contribution in [3.8, 4) is 5.75 Å². The van der Waals surface area contributed by atoms with Crippen LogP contribution in [0.4, 0.5) is 0 Å². The lowest BCUT2D eigenvalue weighted by Gasteiger charge is -2.27. The fraction of sp³-hybridized carbons (Fsp3) is 0.524. The van der Waals surface area contributed by atoms with Crippen LogP contribution in [-0.2, 0) is 6.42 Å². The van der Waals surface area contributed by atoms with E-state index in [1.807, 2.05) is 32.0 Å². The number of ether oxygens (including phenoxy) is 1. The quantitative estimate of drug-likeness (QED) is 0.872. The Morgan fingerprint density at radius 2 is 2.07 bits per heavy atom. The highest BCUT2D eigenvalue weighted by atomic mass is 16.5. The minimum atomic E-state index is -0.938. The number of hydrogen-bond acceptors (Lipinski definition) is 5. The van der Waals surface area contributed by atoms with Gasteiger partial charge >= 0.3 is 0 Å². The molecule has 1 amide bonds. The SMILES string of the molecule is CCc1cc(C(=O)N2CCCC(O)(COc3ccc(C)c(C)c3)CC2)no1. The topological polar surface area (TPSA) is 75.8 Å². The van der Waals surface area contributed by atoms with E-state index < -0.39 is 5.60 Å². The van der Waals surface area contributed by atoms with Gasteiger partial charge in [0.2, 0.25) is 0 Å². The van der Waals surface area contributed by atoms with Gasteiger partial charge in [0.05, 0.1) is 0 Å². The molecule has 1 N–H and O–H groups in total. The van der Waals surface area contributed by atoms with Gasteiger partial charge in [0.25, 0.3) is 5.91 Å². The summed E-state index contributed by atoms with van der Waals surface area (Å²) in [5, 5.41) is 14.8. The molecule has 0 saturated carbocycles. The molecule has 2 heterocycles. The van der Waals surface area contributed by atoms with Gasteiger partial charge in [-0.25, -0.2) is 0 Å². The van der Waals surface area contributed by atoms with Crippen LogP contribution in [0.5, 0.6) is 5.75 Å². The largest absolute Gasteiger partial charge is 0.491 e. The number of hydrogen-bond donors (Lipinski definition) is 1. The van der Waals surface area contributed by atoms with Gasteiger partial charge in [0.15, 0.2) is 5.69 Å². The van der Waals surface area contributed by atoms with E-state index in [0.717, 1.165) is 17.7 Å². The predicted molar refractivity (Wildman–Crippen MR) is 102 cm³/mol. The number of nitrogens with zero attached hydrogens (tertiary/aromatic N) is 2. The lowest BCUT2D eigenvalue weighted by Crippen LogP contribution is -2.38. The highest BCUT2D eigenvalue weighted by molar-refractivity contribution is 5.92. The lowest BCUT2D eigenvalue weighted by molar-refractivity contribution is -0.0163. The minimum Gasteiger partial charge on any atom is -0.491 e. The van der Waals surface area contributed by atoms with Gasteiger partial charge in [0.1, 0.15) is 23.7 Å². The second kappa shape index (κ2) is 8.13. The maximum absolute atomic E-state index is 12.6. The molecule has 6 nitrogen and oxygen atoms in total. The maximum atomic E-state index is 12.6. The standard InChI is InChI=1S/C21H28N2O4/c1-4-17-13-19(22-27-17)20(24)23-10-5-8-21(25,9-11-23)14-26-18-7-6-15(2)16(3)12-18/h6-7,12-13,25H,4-5,8-11,14H2,1-3H3. The van der Waals surface area contributed by atoms with E-state index in [0.29, 0.717) is 43.8 Å². The van der Waals surface area contributed by atoms with Gasteiger partial charge in [-0.15, -0.1) is 0 Å². The summed E-state index contributed by atoms with van der Waals surface area (Å²) in [5.41, 5.74) is 1.77. The molecule has 1 atom stereocenters. The summed E-state index contributed by atoms with van der Waals surface area (Å²) in [6.45, 7) is 7.35. The van der Waals surface area contributed by atoms with Gasteiger partial charge in [-0.2, -0.15) is 0 Å². The van der Waals surface area contributed by atoms with Crippen molar-refractivity contribution in [2.45, 2.75) is 52.1 Å². The van der Waals surface area contributed by atoms with E-state index in [4.69, 9.17) is 9.26 Å². The Morgan fingerprint density at radius 3 is 2.78 bits per heavy atom. The second-order valence-corrected chi connectivity index (χ2v) is 7.44. The number of likely N-dealkylation sites (tertiary alicyclic amines) is 1. The molecule has 1 aliphatic rings. The average Bonchev–Trinajstić information content (AvgIpc) is 3.06. The van der Waals surface area contributed by atoms with Crippen LogP contribution in [0.25, 0.3) is 0 Å². The molecule has 1 saturated heterocycles. The van der Waals surface area contributed by atoms with Crippen molar-refractivity contribution in [1.82, 2.24) is 10.1 Å². The van der Waals surface area contributed by atoms with Crippen molar-refractivity contribution in [2.24, 2.45) is 0 Å². The molecule has 0 spiro atoms. The number of carbonyl (C=O) groups excluding carboxylic acids is 1. The van der Waals surface area contributed by atoms with Crippen LogP contribution >= 0.6 is 0 Å². The zero-order valence-corrected chi connectivity index (χ0v) is 16.3. The first kappa shape index (κ1) is 19.4. The van der Waals surface area contributed by atoms with Gasteiger partial charge in [-0.1, -0.05) is 18.1 Å². The van der Waals surface area contributed by atoms with Crippen LogP contribution in [0, 0.1) is 13.8 Å². The molecule has 1 aliphatic heterocycles. The van der Waals surface area contributed by atoms with Crippen molar-refractivity contribution in [3.05, 3.63) is 46.8 Å². The van der Waals surface area contributed by atoms with E-state index in [2.05, 4.69) is 12.1 Å². The molecule has 1 aromatic heterocycles. The molecule has 3 rings (SSSR count). The Labute approximate surface area is 160 Å². The lowest BCUT2D eigenvalue weighted by atomic mass is 9.96. The molecule has 0 radical (unpaired) electrons. The van der Waals surface area contributed by atoms with E-state index in [1.54, 1.807) is 11.0 Å². The predicted octanol–water partition coefficient (Wildman–Crippen LogP) is 3.29. The number of aromatic nitrogens is 1. The smallest absolute Gasteiger partial charge is 0.276 e. The highest BCUT2D eigenvalue weighted by Crippen LogP contribution is 2.25. The third-order valence-corrected chi connectivity index (χ3v) is 5.32. The monoisotopic (exact) mass is 372 g/mol. The molecule has 0 bridgehead atoms. The Kier molecular flexibility index (Phi) is 5.85. The summed E-state index contributed by atoms with van der Waals surface area (Å²) in [5.74, 6) is 1.32. The average molecular weight is 372 g/mol. The highest BCUT2D eigenvalue weighted by Gasteiger charge is 2.33. The maximum Gasteiger partial charge on any atom is 0.276 e. The fourth-order valence-corrected chi connectivity index (χ4v) is 3.29. The number of carbonyl (C=O) groups is 1. The first-order valence-electron chi connectivity index (χ1n) is 9.57. The summed E-state index contributed by atoms with van der Waals surface area (Å²) in [6.07, 6.45) is 2.50. The van der Waals surface area contributed by atoms with Crippen molar-refractivity contribution >= 4 is 5.91 Å². The molecule has 2 aromatic rings. The van der Waals surface area contributed by atoms with Crippen LogP contribution in [0.3, 0.4) is 0 Å². The van der Waals surface area contributed by atoms with Crippen molar-refractivity contribution in [1.29, 1.82) is 0 Å². The van der Waals surface area contributed by atoms with E-state index in [9.17, 15) is 9.90 Å². The van der Waals surface area contributed by atoms with E-state index in [-0.39, 0.29) is 12.5 Å². The van der Waals surface area contributed by atoms with Gasteiger partial charge in [-0.3, -0.25) is 4.79 Å². The van der Waals surface area contributed by atoms with Gasteiger partial charge in [0, 0.05) is 25.6 Å². The number of amides is 1. The Bertz CT molecular complexity index is 801. The Morgan fingerprint density at radius 1 is 1.26 bits per heavy atom. The Hall–Kier alpha value is -2.34. The molecule has 1 aromatic carbocycles. The summed E-state index contributed by atoms with van der Waals surface area (Å²) in [4.78, 5) is 14.4. The minimum absolute atomic E-state index is 0.141. The van der Waals surface area contributed by atoms with Crippen molar-refractivity contribution < 1.29 is 19.2 Å². The summed E-state index contributed by atoms with van der Waals surface area (Å²) in [7, 11) is 0. The summed E-state index contributed by atoms with van der Waals surface area (Å²) in [6, 6.07) is 7.63. The normalized spacial score (nSPS) is 20.4. The van der Waals surface area contributed by atoms with E-state index in [1.165, 1.54) is 5.56 Å². The van der Waals surface area contributed by atoms with Crippen LogP contribution < -0.4 is 4.74 Å². The van der Waals surface area contributed by atoms with Gasteiger partial charge in [-0.05, 0) is 56.4 Å². The summed E-state index contributed by atoms with van der Waals surface area (Å²) < 4.78 is 11.0. The number of aliphatic hydroxyl groups is 1. The molecule has 1 unspecified atom stereocenters. The first-order valence-corrected chi connectivity index (χ1v) is 9.57. The third kappa shape index (κ3) is 4.69. The third-order valence-electron chi connectivity index (χ3n) is 5.32. The van der Waals surface area contributed by atoms with Crippen LogP contribution in [0.1, 0.15) is 53.6 Å². The fourth-order valence-electron chi connectivity index (χ4n) is 3.29. The molecular formula is C21H28N2O4. The van der Waals surface area contributed by atoms with Crippen LogP contribution in [0.2, 0.25) is 0 Å². The molecule has 1 fully saturated rings. The van der Waals surface area contributed by atoms with Crippen LogP contribution in [-0.4, -0.2) is 46.4 Å².